The maximum absolute atomic E-state index is 10.9. The lowest BCUT2D eigenvalue weighted by atomic mass is 10.2. The first kappa shape index (κ1) is 12.5. The highest BCUT2D eigenvalue weighted by Crippen LogP contribution is 2.37. The van der Waals surface area contributed by atoms with Gasteiger partial charge in [0.15, 0.2) is 4.67 Å². The Morgan fingerprint density at radius 3 is 2.94 bits per heavy atom. The van der Waals surface area contributed by atoms with E-state index < -0.39 is 12.0 Å². The van der Waals surface area contributed by atoms with Crippen molar-refractivity contribution in [2.75, 3.05) is 5.75 Å². The first-order chi connectivity index (χ1) is 7.58. The van der Waals surface area contributed by atoms with Gasteiger partial charge in [0, 0.05) is 0 Å². The van der Waals surface area contributed by atoms with Gasteiger partial charge in [-0.2, -0.15) is 0 Å². The summed E-state index contributed by atoms with van der Waals surface area (Å²) in [4.78, 5) is 10.9. The van der Waals surface area contributed by atoms with Crippen LogP contribution in [0.15, 0.2) is 19.6 Å². The zero-order valence-corrected chi connectivity index (χ0v) is 12.1. The smallest absolute Gasteiger partial charge is 0.320 e. The van der Waals surface area contributed by atoms with E-state index in [0.29, 0.717) is 11.1 Å². The summed E-state index contributed by atoms with van der Waals surface area (Å²) in [6.45, 7) is 0. The summed E-state index contributed by atoms with van der Waals surface area (Å²) in [5.74, 6) is 0.731. The molecule has 1 aromatic heterocycles. The molecule has 0 amide bonds. The highest BCUT2D eigenvalue weighted by atomic mass is 79.9. The third-order valence-electron chi connectivity index (χ3n) is 2.26. The number of carbonyl (C=O) groups is 1. The summed E-state index contributed by atoms with van der Waals surface area (Å²) in [6, 6.07) is 1.35. The average Bonchev–Trinajstić information content (AvgIpc) is 2.59. The number of halogens is 2. The fraction of sp³-hybridized carbons (Fsp3) is 0.444. The van der Waals surface area contributed by atoms with Gasteiger partial charge in [-0.25, -0.2) is 0 Å². The molecule has 2 rings (SSSR count). The van der Waals surface area contributed by atoms with Gasteiger partial charge in [-0.15, -0.1) is 11.8 Å². The molecule has 0 radical (unpaired) electrons. The molecule has 2 heterocycles. The van der Waals surface area contributed by atoms with E-state index in [1.165, 1.54) is 0 Å². The molecule has 0 aromatic carbocycles. The van der Waals surface area contributed by atoms with Crippen LogP contribution in [0, 0.1) is 0 Å². The number of carboxylic acid groups (broad SMARTS) is 1. The van der Waals surface area contributed by atoms with Crippen molar-refractivity contribution >= 4 is 49.6 Å². The first-order valence-corrected chi connectivity index (χ1v) is 7.26. The van der Waals surface area contributed by atoms with Crippen molar-refractivity contribution in [3.63, 3.8) is 0 Å². The van der Waals surface area contributed by atoms with Crippen molar-refractivity contribution < 1.29 is 14.3 Å². The minimum absolute atomic E-state index is 0.0996. The second-order valence-electron chi connectivity index (χ2n) is 3.37. The van der Waals surface area contributed by atoms with E-state index >= 15 is 0 Å². The normalized spacial score (nSPS) is 25.6. The molecular weight excluding hydrogens is 362 g/mol. The molecular formula is C9H9Br2NO3S. The molecule has 1 aliphatic heterocycles. The minimum atomic E-state index is -0.810. The number of nitrogens with one attached hydrogen (secondary N) is 1. The van der Waals surface area contributed by atoms with Crippen LogP contribution in [0.2, 0.25) is 0 Å². The summed E-state index contributed by atoms with van der Waals surface area (Å²) in [5.41, 5.74) is 0. The molecule has 1 fully saturated rings. The molecule has 0 saturated carbocycles. The van der Waals surface area contributed by atoms with Gasteiger partial charge in [-0.1, -0.05) is 0 Å². The molecule has 1 aromatic rings. The van der Waals surface area contributed by atoms with Gasteiger partial charge in [-0.05, 0) is 50.1 Å². The highest BCUT2D eigenvalue weighted by molar-refractivity contribution is 9.13. The zero-order chi connectivity index (χ0) is 11.7. The van der Waals surface area contributed by atoms with Gasteiger partial charge in [0.05, 0.1) is 4.47 Å². The third kappa shape index (κ3) is 2.64. The van der Waals surface area contributed by atoms with Crippen LogP contribution in [0.4, 0.5) is 0 Å². The maximum Gasteiger partial charge on any atom is 0.320 e. The zero-order valence-electron chi connectivity index (χ0n) is 8.07. The average molecular weight is 371 g/mol. The molecule has 4 nitrogen and oxygen atoms in total. The molecule has 0 spiro atoms. The van der Waals surface area contributed by atoms with Gasteiger partial charge in [0.1, 0.15) is 17.2 Å². The maximum atomic E-state index is 10.9. The predicted octanol–water partition coefficient (Wildman–Crippen LogP) is 2.98. The van der Waals surface area contributed by atoms with Gasteiger partial charge in [0.25, 0.3) is 0 Å². The Bertz CT molecular complexity index is 390. The van der Waals surface area contributed by atoms with Crippen LogP contribution in [0.1, 0.15) is 17.6 Å². The van der Waals surface area contributed by atoms with E-state index in [2.05, 4.69) is 37.2 Å². The highest BCUT2D eigenvalue weighted by Gasteiger charge is 2.29. The summed E-state index contributed by atoms with van der Waals surface area (Å²) < 4.78 is 6.94. The molecule has 88 valence electrons. The summed E-state index contributed by atoms with van der Waals surface area (Å²) in [7, 11) is 0. The number of hydrogen-bond donors (Lipinski definition) is 2. The molecule has 1 aliphatic rings. The Hall–Kier alpha value is 0.0200. The van der Waals surface area contributed by atoms with Crippen LogP contribution >= 0.6 is 43.6 Å². The lowest BCUT2D eigenvalue weighted by molar-refractivity contribution is -0.139. The topological polar surface area (TPSA) is 62.5 Å². The molecule has 2 unspecified atom stereocenters. The molecule has 0 bridgehead atoms. The third-order valence-corrected chi connectivity index (χ3v) is 5.15. The Morgan fingerprint density at radius 1 is 1.62 bits per heavy atom. The van der Waals surface area contributed by atoms with Crippen molar-refractivity contribution in [2.24, 2.45) is 0 Å². The first-order valence-electron chi connectivity index (χ1n) is 4.63. The van der Waals surface area contributed by atoms with Crippen LogP contribution in [-0.2, 0) is 4.79 Å². The standard InChI is InChI=1S/C9H9Br2NO3S/c10-4-3-6(15-7(4)11)8-12-5(9(13)14)1-2-16-8/h3,5,8,12H,1-2H2,(H,13,14). The van der Waals surface area contributed by atoms with Crippen molar-refractivity contribution in [3.05, 3.63) is 21.0 Å². The minimum Gasteiger partial charge on any atom is -0.480 e. The van der Waals surface area contributed by atoms with Crippen LogP contribution in [0.3, 0.4) is 0 Å². The molecule has 2 N–H and O–H groups in total. The van der Waals surface area contributed by atoms with Crippen molar-refractivity contribution in [2.45, 2.75) is 17.8 Å². The molecule has 2 atom stereocenters. The Balaban J connectivity index is 2.12. The predicted molar refractivity (Wildman–Crippen MR) is 68.5 cm³/mol. The Labute approximate surface area is 113 Å². The largest absolute Gasteiger partial charge is 0.480 e. The Kier molecular flexibility index (Phi) is 3.99. The van der Waals surface area contributed by atoms with Crippen LogP contribution in [0.25, 0.3) is 0 Å². The summed E-state index contributed by atoms with van der Waals surface area (Å²) in [5, 5.41) is 11.9. The number of furan rings is 1. The second-order valence-corrected chi connectivity index (χ2v) is 6.15. The number of rotatable bonds is 2. The summed E-state index contributed by atoms with van der Waals surface area (Å²) in [6.07, 6.45) is 0.638. The number of carboxylic acids is 1. The molecule has 16 heavy (non-hydrogen) atoms. The number of hydrogen-bond acceptors (Lipinski definition) is 4. The van der Waals surface area contributed by atoms with Crippen LogP contribution in [0.5, 0.6) is 0 Å². The van der Waals surface area contributed by atoms with E-state index in [-0.39, 0.29) is 5.37 Å². The van der Waals surface area contributed by atoms with Gasteiger partial charge < -0.3 is 9.52 Å². The monoisotopic (exact) mass is 369 g/mol. The number of aliphatic carboxylic acids is 1. The van der Waals surface area contributed by atoms with E-state index in [1.807, 2.05) is 6.07 Å². The van der Waals surface area contributed by atoms with E-state index in [4.69, 9.17) is 9.52 Å². The van der Waals surface area contributed by atoms with Crippen molar-refractivity contribution in [1.82, 2.24) is 5.32 Å². The lowest BCUT2D eigenvalue weighted by Gasteiger charge is -2.26. The quantitative estimate of drug-likeness (QED) is 0.837. The second kappa shape index (κ2) is 5.12. The van der Waals surface area contributed by atoms with Crippen molar-refractivity contribution in [1.29, 1.82) is 0 Å². The summed E-state index contributed by atoms with van der Waals surface area (Å²) >= 11 is 8.24. The molecule has 0 aliphatic carbocycles. The number of thioether (sulfide) groups is 1. The van der Waals surface area contributed by atoms with Gasteiger partial charge in [-0.3, -0.25) is 10.1 Å². The van der Waals surface area contributed by atoms with Crippen LogP contribution in [-0.4, -0.2) is 22.9 Å². The Morgan fingerprint density at radius 2 is 2.38 bits per heavy atom. The van der Waals surface area contributed by atoms with E-state index in [9.17, 15) is 4.79 Å². The lowest BCUT2D eigenvalue weighted by Crippen LogP contribution is -2.41. The van der Waals surface area contributed by atoms with E-state index in [1.54, 1.807) is 11.8 Å². The van der Waals surface area contributed by atoms with Crippen molar-refractivity contribution in [3.8, 4) is 0 Å². The van der Waals surface area contributed by atoms with Crippen LogP contribution < -0.4 is 5.32 Å². The molecule has 1 saturated heterocycles. The SMILES string of the molecule is O=C(O)C1CCSC(c2cc(Br)c(Br)o2)N1. The fourth-order valence-corrected chi connectivity index (χ4v) is 3.23. The fourth-order valence-electron chi connectivity index (χ4n) is 1.47. The van der Waals surface area contributed by atoms with E-state index in [0.717, 1.165) is 16.0 Å². The molecule has 7 heteroatoms. The van der Waals surface area contributed by atoms with Gasteiger partial charge in [0.2, 0.25) is 0 Å². The van der Waals surface area contributed by atoms with Gasteiger partial charge >= 0.3 is 5.97 Å².